The van der Waals surface area contributed by atoms with Gasteiger partial charge in [0.25, 0.3) is 11.8 Å². The lowest BCUT2D eigenvalue weighted by atomic mass is 10.2. The Kier molecular flexibility index (Phi) is 5.59. The number of halogens is 5. The van der Waals surface area contributed by atoms with Gasteiger partial charge in [-0.25, -0.2) is 9.07 Å². The Balaban J connectivity index is 1.60. The third kappa shape index (κ3) is 4.57. The molecule has 0 atom stereocenters. The topological polar surface area (TPSA) is 88.9 Å². The first-order chi connectivity index (χ1) is 15.1. The van der Waals surface area contributed by atoms with Crippen LogP contribution >= 0.6 is 11.6 Å². The summed E-state index contributed by atoms with van der Waals surface area (Å²) in [5.41, 5.74) is -2.29. The van der Waals surface area contributed by atoms with Gasteiger partial charge in [-0.2, -0.15) is 13.2 Å². The number of nitrogens with one attached hydrogen (secondary N) is 2. The fraction of sp³-hybridized carbons (Fsp3) is 0.200. The molecule has 1 saturated carbocycles. The molecular weight excluding hydrogens is 454 g/mol. The highest BCUT2D eigenvalue weighted by Crippen LogP contribution is 2.33. The second kappa shape index (κ2) is 8.23. The molecule has 0 aliphatic heterocycles. The van der Waals surface area contributed by atoms with Gasteiger partial charge < -0.3 is 10.6 Å². The van der Waals surface area contributed by atoms with E-state index in [-0.39, 0.29) is 33.9 Å². The second-order valence-electron chi connectivity index (χ2n) is 7.07. The number of nitrogens with zero attached hydrogens (tertiary/aromatic N) is 3. The molecule has 1 heterocycles. The van der Waals surface area contributed by atoms with Gasteiger partial charge in [-0.3, -0.25) is 9.59 Å². The average molecular weight is 468 g/mol. The SMILES string of the molecule is O=C(NC1CC1)c1ccc(NC(=O)c2nnn(-c3ccc(F)cc3)c2C(F)(F)F)cc1Cl. The van der Waals surface area contributed by atoms with Gasteiger partial charge in [-0.15, -0.1) is 5.10 Å². The van der Waals surface area contributed by atoms with E-state index >= 15 is 0 Å². The smallest absolute Gasteiger partial charge is 0.349 e. The highest BCUT2D eigenvalue weighted by Gasteiger charge is 2.42. The highest BCUT2D eigenvalue weighted by atomic mass is 35.5. The van der Waals surface area contributed by atoms with Gasteiger partial charge >= 0.3 is 6.18 Å². The second-order valence-corrected chi connectivity index (χ2v) is 7.48. The number of carbonyl (C=O) groups excluding carboxylic acids is 2. The number of hydrogen-bond acceptors (Lipinski definition) is 4. The van der Waals surface area contributed by atoms with Crippen molar-refractivity contribution in [2.75, 3.05) is 5.32 Å². The largest absolute Gasteiger partial charge is 0.435 e. The minimum absolute atomic E-state index is 0.0203. The van der Waals surface area contributed by atoms with Crippen molar-refractivity contribution in [3.8, 4) is 5.69 Å². The van der Waals surface area contributed by atoms with Crippen molar-refractivity contribution in [1.29, 1.82) is 0 Å². The van der Waals surface area contributed by atoms with Crippen molar-refractivity contribution in [2.45, 2.75) is 25.1 Å². The maximum atomic E-state index is 13.7. The Morgan fingerprint density at radius 2 is 1.75 bits per heavy atom. The van der Waals surface area contributed by atoms with Crippen LogP contribution in [0.5, 0.6) is 0 Å². The number of aromatic nitrogens is 3. The quantitative estimate of drug-likeness (QED) is 0.550. The fourth-order valence-electron chi connectivity index (χ4n) is 2.91. The number of amides is 2. The van der Waals surface area contributed by atoms with E-state index < -0.39 is 29.3 Å². The predicted octanol–water partition coefficient (Wildman–Crippen LogP) is 4.22. The molecular formula is C20H14ClF4N5O2. The summed E-state index contributed by atoms with van der Waals surface area (Å²) >= 11 is 6.10. The molecule has 166 valence electrons. The summed E-state index contributed by atoms with van der Waals surface area (Å²) in [5, 5.41) is 11.9. The van der Waals surface area contributed by atoms with Gasteiger partial charge in [0.15, 0.2) is 11.4 Å². The van der Waals surface area contributed by atoms with E-state index in [1.165, 1.54) is 18.2 Å². The van der Waals surface area contributed by atoms with Crippen LogP contribution in [-0.4, -0.2) is 32.9 Å². The van der Waals surface area contributed by atoms with Crippen LogP contribution in [0.25, 0.3) is 5.69 Å². The van der Waals surface area contributed by atoms with Crippen molar-refractivity contribution in [3.63, 3.8) is 0 Å². The first-order valence-corrected chi connectivity index (χ1v) is 9.72. The Hall–Kier alpha value is -3.47. The van der Waals surface area contributed by atoms with E-state index in [1.54, 1.807) is 0 Å². The zero-order valence-corrected chi connectivity index (χ0v) is 16.8. The third-order valence-electron chi connectivity index (χ3n) is 4.61. The van der Waals surface area contributed by atoms with Gasteiger partial charge in [-0.05, 0) is 55.3 Å². The summed E-state index contributed by atoms with van der Waals surface area (Å²) in [5.74, 6) is -2.21. The van der Waals surface area contributed by atoms with Crippen LogP contribution in [0, 0.1) is 5.82 Å². The van der Waals surface area contributed by atoms with E-state index in [4.69, 9.17) is 11.6 Å². The molecule has 2 aromatic carbocycles. The molecule has 0 spiro atoms. The average Bonchev–Trinajstić information content (AvgIpc) is 3.40. The molecule has 3 aromatic rings. The van der Waals surface area contributed by atoms with Gasteiger partial charge in [-0.1, -0.05) is 16.8 Å². The molecule has 1 fully saturated rings. The van der Waals surface area contributed by atoms with Crippen LogP contribution in [0.4, 0.5) is 23.2 Å². The number of hydrogen-bond donors (Lipinski definition) is 2. The zero-order valence-electron chi connectivity index (χ0n) is 16.1. The van der Waals surface area contributed by atoms with Gasteiger partial charge in [0.2, 0.25) is 0 Å². The number of anilines is 1. The molecule has 12 heteroatoms. The molecule has 2 N–H and O–H groups in total. The molecule has 0 saturated heterocycles. The van der Waals surface area contributed by atoms with E-state index in [9.17, 15) is 27.2 Å². The van der Waals surface area contributed by atoms with Crippen LogP contribution in [0.3, 0.4) is 0 Å². The van der Waals surface area contributed by atoms with Crippen LogP contribution in [0.2, 0.25) is 5.02 Å². The Bertz CT molecular complexity index is 1190. The Morgan fingerprint density at radius 3 is 2.34 bits per heavy atom. The standard InChI is InChI=1S/C20H14ClF4N5O2/c21-15-9-12(5-8-14(15)18(31)26-11-3-4-11)27-19(32)16-17(20(23,24)25)30(29-28-16)13-6-1-10(22)2-7-13/h1-2,5-9,11H,3-4H2,(H,26,31)(H,27,32). The lowest BCUT2D eigenvalue weighted by Gasteiger charge is -2.12. The van der Waals surface area contributed by atoms with E-state index in [0.717, 1.165) is 37.1 Å². The molecule has 0 radical (unpaired) electrons. The first-order valence-electron chi connectivity index (χ1n) is 9.34. The zero-order chi connectivity index (χ0) is 23.0. The summed E-state index contributed by atoms with van der Waals surface area (Å²) in [6.45, 7) is 0. The summed E-state index contributed by atoms with van der Waals surface area (Å²) in [7, 11) is 0. The number of alkyl halides is 3. The van der Waals surface area contributed by atoms with E-state index in [2.05, 4.69) is 20.9 Å². The molecule has 4 rings (SSSR count). The minimum atomic E-state index is -4.98. The number of benzene rings is 2. The molecule has 32 heavy (non-hydrogen) atoms. The van der Waals surface area contributed by atoms with Crippen molar-refractivity contribution >= 4 is 29.1 Å². The normalized spacial score (nSPS) is 13.7. The Labute approximate surface area is 183 Å². The van der Waals surface area contributed by atoms with E-state index in [1.807, 2.05) is 0 Å². The maximum Gasteiger partial charge on any atom is 0.435 e. The fourth-order valence-corrected chi connectivity index (χ4v) is 3.18. The van der Waals surface area contributed by atoms with Crippen molar-refractivity contribution in [3.05, 3.63) is 70.3 Å². The van der Waals surface area contributed by atoms with Crippen molar-refractivity contribution in [2.24, 2.45) is 0 Å². The monoisotopic (exact) mass is 467 g/mol. The van der Waals surface area contributed by atoms with Crippen LogP contribution in [0.15, 0.2) is 42.5 Å². The number of carbonyl (C=O) groups is 2. The lowest BCUT2D eigenvalue weighted by Crippen LogP contribution is -2.25. The van der Waals surface area contributed by atoms with Crippen LogP contribution in [-0.2, 0) is 6.18 Å². The highest BCUT2D eigenvalue weighted by molar-refractivity contribution is 6.34. The molecule has 2 amide bonds. The molecule has 0 bridgehead atoms. The molecule has 7 nitrogen and oxygen atoms in total. The first kappa shape index (κ1) is 21.8. The van der Waals surface area contributed by atoms with Crippen molar-refractivity contribution in [1.82, 2.24) is 20.3 Å². The Morgan fingerprint density at radius 1 is 1.06 bits per heavy atom. The molecule has 1 aromatic heterocycles. The minimum Gasteiger partial charge on any atom is -0.349 e. The molecule has 0 unspecified atom stereocenters. The summed E-state index contributed by atoms with van der Waals surface area (Å²) < 4.78 is 54.6. The maximum absolute atomic E-state index is 13.7. The van der Waals surface area contributed by atoms with Crippen molar-refractivity contribution < 1.29 is 27.2 Å². The van der Waals surface area contributed by atoms with E-state index in [0.29, 0.717) is 4.68 Å². The number of rotatable bonds is 5. The van der Waals surface area contributed by atoms with Gasteiger partial charge in [0.1, 0.15) is 5.82 Å². The molecule has 1 aliphatic rings. The lowest BCUT2D eigenvalue weighted by molar-refractivity contribution is -0.143. The third-order valence-corrected chi connectivity index (χ3v) is 4.92. The predicted molar refractivity (Wildman–Crippen MR) is 106 cm³/mol. The summed E-state index contributed by atoms with van der Waals surface area (Å²) in [6, 6.07) is 8.12. The summed E-state index contributed by atoms with van der Waals surface area (Å²) in [6.07, 6.45) is -3.21. The molecule has 1 aliphatic carbocycles. The van der Waals surface area contributed by atoms with Gasteiger partial charge in [0.05, 0.1) is 16.3 Å². The van der Waals surface area contributed by atoms with Crippen LogP contribution < -0.4 is 10.6 Å². The van der Waals surface area contributed by atoms with Crippen LogP contribution in [0.1, 0.15) is 39.4 Å². The van der Waals surface area contributed by atoms with Gasteiger partial charge in [0, 0.05) is 11.7 Å². The summed E-state index contributed by atoms with van der Waals surface area (Å²) in [4.78, 5) is 24.7.